The zero-order valence-electron chi connectivity index (χ0n) is 16.4. The molecule has 0 radical (unpaired) electrons. The van der Waals surface area contributed by atoms with Crippen LogP contribution in [0.3, 0.4) is 0 Å². The van der Waals surface area contributed by atoms with Gasteiger partial charge in [0.15, 0.2) is 17.6 Å². The maximum absolute atomic E-state index is 12.2. The molecule has 2 aromatic carbocycles. The Hall–Kier alpha value is -3.59. The summed E-state index contributed by atoms with van der Waals surface area (Å²) in [5.41, 5.74) is 0.619. The normalized spacial score (nSPS) is 11.6. The summed E-state index contributed by atoms with van der Waals surface area (Å²) in [6.45, 7) is 1.39. The van der Waals surface area contributed by atoms with Crippen molar-refractivity contribution in [3.8, 4) is 11.5 Å². The van der Waals surface area contributed by atoms with E-state index in [1.54, 1.807) is 18.2 Å². The third-order valence-corrected chi connectivity index (χ3v) is 4.22. The molecule has 2 aromatic rings. The summed E-state index contributed by atoms with van der Waals surface area (Å²) in [4.78, 5) is 34.3. The molecule has 0 bridgehead atoms. The van der Waals surface area contributed by atoms with Crippen molar-refractivity contribution in [1.29, 1.82) is 0 Å². The standard InChI is InChI=1S/C20H19ClN2O7/c1-12(20(25)22-16-7-6-14(23(26)27)11-15(16)21)30-19(24)9-5-13-4-8-17(28-2)18(10-13)29-3/h4-12H,1-3H3,(H,22,25)/b9-5-/t12-/m0/s1. The largest absolute Gasteiger partial charge is 0.493 e. The minimum Gasteiger partial charge on any atom is -0.493 e. The van der Waals surface area contributed by atoms with Crippen LogP contribution in [0.15, 0.2) is 42.5 Å². The van der Waals surface area contributed by atoms with Crippen LogP contribution >= 0.6 is 11.6 Å². The summed E-state index contributed by atoms with van der Waals surface area (Å²) in [5, 5.41) is 13.2. The first-order valence-corrected chi connectivity index (χ1v) is 8.98. The third-order valence-electron chi connectivity index (χ3n) is 3.90. The van der Waals surface area contributed by atoms with Gasteiger partial charge in [0, 0.05) is 18.2 Å². The minimum absolute atomic E-state index is 0.00979. The zero-order valence-corrected chi connectivity index (χ0v) is 17.1. The van der Waals surface area contributed by atoms with Gasteiger partial charge in [-0.05, 0) is 36.8 Å². The molecular formula is C20H19ClN2O7. The Morgan fingerprint density at radius 3 is 2.43 bits per heavy atom. The Bertz CT molecular complexity index is 991. The third kappa shape index (κ3) is 5.95. The van der Waals surface area contributed by atoms with Gasteiger partial charge >= 0.3 is 5.97 Å². The number of hydrogen-bond donors (Lipinski definition) is 1. The van der Waals surface area contributed by atoms with E-state index in [0.717, 1.165) is 6.07 Å². The number of nitro benzene ring substituents is 1. The lowest BCUT2D eigenvalue weighted by Crippen LogP contribution is -2.29. The highest BCUT2D eigenvalue weighted by Gasteiger charge is 2.19. The molecule has 0 spiro atoms. The quantitative estimate of drug-likeness (QED) is 0.290. The van der Waals surface area contributed by atoms with Gasteiger partial charge in [0.1, 0.15) is 0 Å². The smallest absolute Gasteiger partial charge is 0.331 e. The summed E-state index contributed by atoms with van der Waals surface area (Å²) in [7, 11) is 3.01. The predicted molar refractivity (Wildman–Crippen MR) is 111 cm³/mol. The highest BCUT2D eigenvalue weighted by molar-refractivity contribution is 6.34. The first kappa shape index (κ1) is 22.7. The number of anilines is 1. The first-order chi connectivity index (χ1) is 14.2. The zero-order chi connectivity index (χ0) is 22.3. The lowest BCUT2D eigenvalue weighted by atomic mass is 10.2. The summed E-state index contributed by atoms with van der Waals surface area (Å²) >= 11 is 5.93. The minimum atomic E-state index is -1.13. The van der Waals surface area contributed by atoms with Crippen LogP contribution in [0.2, 0.25) is 5.02 Å². The van der Waals surface area contributed by atoms with Crippen LogP contribution in [-0.4, -0.2) is 37.1 Å². The van der Waals surface area contributed by atoms with Gasteiger partial charge in [0.25, 0.3) is 11.6 Å². The molecular weight excluding hydrogens is 416 g/mol. The molecule has 0 aliphatic heterocycles. The van der Waals surface area contributed by atoms with Crippen molar-refractivity contribution in [2.75, 3.05) is 19.5 Å². The number of hydrogen-bond acceptors (Lipinski definition) is 7. The van der Waals surface area contributed by atoms with E-state index < -0.39 is 22.9 Å². The lowest BCUT2D eigenvalue weighted by molar-refractivity contribution is -0.384. The van der Waals surface area contributed by atoms with Gasteiger partial charge in [-0.25, -0.2) is 4.79 Å². The lowest BCUT2D eigenvalue weighted by Gasteiger charge is -2.13. The van der Waals surface area contributed by atoms with Gasteiger partial charge in [-0.1, -0.05) is 17.7 Å². The number of ether oxygens (including phenoxy) is 3. The fourth-order valence-corrected chi connectivity index (χ4v) is 2.56. The average molecular weight is 435 g/mol. The maximum atomic E-state index is 12.2. The molecule has 10 heteroatoms. The van der Waals surface area contributed by atoms with Crippen molar-refractivity contribution in [1.82, 2.24) is 0 Å². The van der Waals surface area contributed by atoms with Gasteiger partial charge in [-0.15, -0.1) is 0 Å². The first-order valence-electron chi connectivity index (χ1n) is 8.60. The van der Waals surface area contributed by atoms with Crippen molar-refractivity contribution in [2.24, 2.45) is 0 Å². The highest BCUT2D eigenvalue weighted by Crippen LogP contribution is 2.28. The van der Waals surface area contributed by atoms with Gasteiger partial charge in [-0.2, -0.15) is 0 Å². The van der Waals surface area contributed by atoms with E-state index in [4.69, 9.17) is 25.8 Å². The second-order valence-electron chi connectivity index (χ2n) is 5.94. The predicted octanol–water partition coefficient (Wildman–Crippen LogP) is 3.85. The molecule has 0 saturated carbocycles. The van der Waals surface area contributed by atoms with Gasteiger partial charge < -0.3 is 19.5 Å². The van der Waals surface area contributed by atoms with E-state index in [2.05, 4.69) is 5.32 Å². The number of carbonyl (C=O) groups is 2. The van der Waals surface area contributed by atoms with Crippen molar-refractivity contribution in [2.45, 2.75) is 13.0 Å². The molecule has 0 heterocycles. The molecule has 1 N–H and O–H groups in total. The number of non-ortho nitro benzene ring substituents is 1. The molecule has 0 saturated heterocycles. The van der Waals surface area contributed by atoms with Crippen molar-refractivity contribution >= 4 is 40.9 Å². The SMILES string of the molecule is COc1ccc(/C=C\C(=O)O[C@@H](C)C(=O)Nc2ccc([N+](=O)[O-])cc2Cl)cc1OC. The monoisotopic (exact) mass is 434 g/mol. The van der Waals surface area contributed by atoms with Crippen LogP contribution in [0, 0.1) is 10.1 Å². The van der Waals surface area contributed by atoms with E-state index >= 15 is 0 Å². The molecule has 1 atom stereocenters. The van der Waals surface area contributed by atoms with E-state index in [9.17, 15) is 19.7 Å². The number of halogens is 1. The topological polar surface area (TPSA) is 117 Å². The molecule has 0 aliphatic rings. The molecule has 0 aromatic heterocycles. The number of carbonyl (C=O) groups excluding carboxylic acids is 2. The van der Waals surface area contributed by atoms with Gasteiger partial charge in [-0.3, -0.25) is 14.9 Å². The van der Waals surface area contributed by atoms with Gasteiger partial charge in [0.05, 0.1) is 29.9 Å². The summed E-state index contributed by atoms with van der Waals surface area (Å²) in [6, 6.07) is 8.69. The molecule has 1 amide bonds. The number of esters is 1. The molecule has 9 nitrogen and oxygen atoms in total. The second kappa shape index (κ2) is 10.3. The van der Waals surface area contributed by atoms with Crippen molar-refractivity contribution in [3.05, 3.63) is 63.2 Å². The van der Waals surface area contributed by atoms with Crippen LogP contribution in [0.4, 0.5) is 11.4 Å². The number of nitro groups is 1. The van der Waals surface area contributed by atoms with E-state index in [1.165, 1.54) is 45.4 Å². The fourth-order valence-electron chi connectivity index (χ4n) is 2.34. The van der Waals surface area contributed by atoms with E-state index in [-0.39, 0.29) is 16.4 Å². The number of benzene rings is 2. The maximum Gasteiger partial charge on any atom is 0.331 e. The Morgan fingerprint density at radius 2 is 1.83 bits per heavy atom. The second-order valence-corrected chi connectivity index (χ2v) is 6.34. The van der Waals surface area contributed by atoms with Crippen LogP contribution in [-0.2, 0) is 14.3 Å². The molecule has 0 unspecified atom stereocenters. The molecule has 2 rings (SSSR count). The van der Waals surface area contributed by atoms with Gasteiger partial charge in [0.2, 0.25) is 0 Å². The Morgan fingerprint density at radius 1 is 1.13 bits per heavy atom. The number of rotatable bonds is 8. The van der Waals surface area contributed by atoms with Crippen LogP contribution in [0.25, 0.3) is 6.08 Å². The summed E-state index contributed by atoms with van der Waals surface area (Å²) < 4.78 is 15.4. The number of methoxy groups -OCH3 is 2. The van der Waals surface area contributed by atoms with Crippen molar-refractivity contribution in [3.63, 3.8) is 0 Å². The molecule has 0 fully saturated rings. The number of amides is 1. The fraction of sp³-hybridized carbons (Fsp3) is 0.200. The Kier molecular flexibility index (Phi) is 7.76. The average Bonchev–Trinajstić information content (AvgIpc) is 2.73. The molecule has 158 valence electrons. The summed E-state index contributed by atoms with van der Waals surface area (Å²) in [5.74, 6) is -0.325. The van der Waals surface area contributed by atoms with Crippen LogP contribution < -0.4 is 14.8 Å². The van der Waals surface area contributed by atoms with Crippen LogP contribution in [0.5, 0.6) is 11.5 Å². The Balaban J connectivity index is 1.97. The van der Waals surface area contributed by atoms with E-state index in [0.29, 0.717) is 17.1 Å². The Labute approximate surface area is 177 Å². The number of nitrogens with zero attached hydrogens (tertiary/aromatic N) is 1. The summed E-state index contributed by atoms with van der Waals surface area (Å²) in [6.07, 6.45) is 1.55. The van der Waals surface area contributed by atoms with Crippen LogP contribution in [0.1, 0.15) is 12.5 Å². The molecule has 0 aliphatic carbocycles. The van der Waals surface area contributed by atoms with Crippen molar-refractivity contribution < 1.29 is 28.7 Å². The highest BCUT2D eigenvalue weighted by atomic mass is 35.5. The number of nitrogens with one attached hydrogen (secondary N) is 1. The molecule has 30 heavy (non-hydrogen) atoms. The van der Waals surface area contributed by atoms with E-state index in [1.807, 2.05) is 0 Å².